The van der Waals surface area contributed by atoms with Crippen molar-refractivity contribution >= 4 is 5.91 Å². The molecule has 6 heteroatoms. The third kappa shape index (κ3) is 3.82. The highest BCUT2D eigenvalue weighted by molar-refractivity contribution is 5.79. The number of likely N-dealkylation sites (tertiary alicyclic amines) is 1. The number of carbonyl (C=O) groups is 1. The average molecular weight is 331 g/mol. The van der Waals surface area contributed by atoms with E-state index >= 15 is 0 Å². The third-order valence-electron chi connectivity index (χ3n) is 4.46. The Labute approximate surface area is 140 Å². The van der Waals surface area contributed by atoms with Crippen LogP contribution in [0.3, 0.4) is 0 Å². The van der Waals surface area contributed by atoms with Gasteiger partial charge in [0.2, 0.25) is 5.91 Å². The van der Waals surface area contributed by atoms with E-state index in [1.807, 2.05) is 11.0 Å². The predicted octanol–water partition coefficient (Wildman–Crippen LogP) is 2.32. The summed E-state index contributed by atoms with van der Waals surface area (Å²) in [6, 6.07) is 8.14. The number of aliphatic hydroxyl groups excluding tert-OH is 1. The number of benzene rings is 1. The maximum Gasteiger partial charge on any atom is 0.228 e. The van der Waals surface area contributed by atoms with Crippen molar-refractivity contribution in [2.45, 2.75) is 38.1 Å². The first-order valence-electron chi connectivity index (χ1n) is 8.38. The standard InChI is InChI=1S/C18H22FN3O2/c19-14-5-7-17(8-6-14)22-11-9-15(20-22)13-18(24)21-10-1-3-16(21)4-2-12-23/h5-9,11,16,23H,1-4,10,12-13H2. The molecule has 1 amide bonds. The number of carbonyl (C=O) groups excluding carboxylic acids is 1. The molecule has 128 valence electrons. The van der Waals surface area contributed by atoms with Crippen molar-refractivity contribution in [1.29, 1.82) is 0 Å². The first-order valence-corrected chi connectivity index (χ1v) is 8.38. The van der Waals surface area contributed by atoms with Gasteiger partial charge in [-0.3, -0.25) is 4.79 Å². The number of halogens is 1. The minimum absolute atomic E-state index is 0.0831. The van der Waals surface area contributed by atoms with Crippen LogP contribution in [0.15, 0.2) is 36.5 Å². The van der Waals surface area contributed by atoms with Crippen molar-refractivity contribution in [2.24, 2.45) is 0 Å². The fraction of sp³-hybridized carbons (Fsp3) is 0.444. The Balaban J connectivity index is 1.63. The van der Waals surface area contributed by atoms with Gasteiger partial charge in [-0.1, -0.05) is 0 Å². The summed E-state index contributed by atoms with van der Waals surface area (Å²) in [4.78, 5) is 14.5. The van der Waals surface area contributed by atoms with Gasteiger partial charge in [0.1, 0.15) is 5.82 Å². The number of aromatic nitrogens is 2. The van der Waals surface area contributed by atoms with E-state index in [1.165, 1.54) is 12.1 Å². The van der Waals surface area contributed by atoms with Gasteiger partial charge in [-0.25, -0.2) is 9.07 Å². The van der Waals surface area contributed by atoms with Crippen LogP contribution in [0, 0.1) is 5.82 Å². The minimum Gasteiger partial charge on any atom is -0.396 e. The highest BCUT2D eigenvalue weighted by Gasteiger charge is 2.28. The molecule has 0 spiro atoms. The summed E-state index contributed by atoms with van der Waals surface area (Å²) in [7, 11) is 0. The summed E-state index contributed by atoms with van der Waals surface area (Å²) < 4.78 is 14.6. The number of hydrogen-bond donors (Lipinski definition) is 1. The Kier molecular flexibility index (Phi) is 5.25. The zero-order valence-corrected chi connectivity index (χ0v) is 13.6. The topological polar surface area (TPSA) is 58.4 Å². The van der Waals surface area contributed by atoms with E-state index in [4.69, 9.17) is 5.11 Å². The molecule has 0 saturated carbocycles. The second kappa shape index (κ2) is 7.57. The van der Waals surface area contributed by atoms with Crippen molar-refractivity contribution in [3.63, 3.8) is 0 Å². The van der Waals surface area contributed by atoms with Gasteiger partial charge < -0.3 is 10.0 Å². The SMILES string of the molecule is O=C(Cc1ccn(-c2ccc(F)cc2)n1)N1CCCC1CCCO. The van der Waals surface area contributed by atoms with Crippen LogP contribution in [0.5, 0.6) is 0 Å². The number of rotatable bonds is 6. The van der Waals surface area contributed by atoms with Gasteiger partial charge in [-0.05, 0) is 56.0 Å². The first-order chi connectivity index (χ1) is 11.7. The average Bonchev–Trinajstić information content (AvgIpc) is 3.23. The van der Waals surface area contributed by atoms with Crippen LogP contribution in [0.25, 0.3) is 5.69 Å². The molecule has 1 saturated heterocycles. The van der Waals surface area contributed by atoms with Gasteiger partial charge in [0.25, 0.3) is 0 Å². The molecular formula is C18H22FN3O2. The Morgan fingerprint density at radius 2 is 2.08 bits per heavy atom. The molecule has 1 aromatic heterocycles. The summed E-state index contributed by atoms with van der Waals surface area (Å²) in [5.41, 5.74) is 1.47. The van der Waals surface area contributed by atoms with Crippen molar-refractivity contribution in [3.8, 4) is 5.69 Å². The lowest BCUT2D eigenvalue weighted by Crippen LogP contribution is -2.36. The van der Waals surface area contributed by atoms with Crippen LogP contribution < -0.4 is 0 Å². The lowest BCUT2D eigenvalue weighted by molar-refractivity contribution is -0.131. The molecule has 24 heavy (non-hydrogen) atoms. The minimum atomic E-state index is -0.288. The molecule has 1 unspecified atom stereocenters. The second-order valence-electron chi connectivity index (χ2n) is 6.15. The number of amides is 1. The Hall–Kier alpha value is -2.21. The number of nitrogens with zero attached hydrogens (tertiary/aromatic N) is 3. The highest BCUT2D eigenvalue weighted by atomic mass is 19.1. The molecule has 3 rings (SSSR count). The quantitative estimate of drug-likeness (QED) is 0.884. The fourth-order valence-electron chi connectivity index (χ4n) is 3.24. The number of aliphatic hydroxyl groups is 1. The smallest absolute Gasteiger partial charge is 0.228 e. The molecule has 2 heterocycles. The van der Waals surface area contributed by atoms with E-state index in [1.54, 1.807) is 23.0 Å². The summed E-state index contributed by atoms with van der Waals surface area (Å²) in [5, 5.41) is 13.4. The van der Waals surface area contributed by atoms with Crippen LogP contribution >= 0.6 is 0 Å². The normalized spacial score (nSPS) is 17.4. The molecule has 1 atom stereocenters. The zero-order valence-electron chi connectivity index (χ0n) is 13.6. The van der Waals surface area contributed by atoms with Crippen molar-refractivity contribution in [2.75, 3.05) is 13.2 Å². The molecule has 0 aliphatic carbocycles. The third-order valence-corrected chi connectivity index (χ3v) is 4.46. The van der Waals surface area contributed by atoms with Crippen molar-refractivity contribution in [1.82, 2.24) is 14.7 Å². The molecule has 0 radical (unpaired) electrons. The molecule has 0 bridgehead atoms. The molecular weight excluding hydrogens is 309 g/mol. The van der Waals surface area contributed by atoms with E-state index in [0.717, 1.165) is 37.9 Å². The summed E-state index contributed by atoms with van der Waals surface area (Å²) >= 11 is 0. The van der Waals surface area contributed by atoms with Gasteiger partial charge in [-0.2, -0.15) is 5.10 Å². The molecule has 1 N–H and O–H groups in total. The van der Waals surface area contributed by atoms with Gasteiger partial charge in [0.05, 0.1) is 17.8 Å². The highest BCUT2D eigenvalue weighted by Crippen LogP contribution is 2.22. The monoisotopic (exact) mass is 331 g/mol. The van der Waals surface area contributed by atoms with Gasteiger partial charge >= 0.3 is 0 Å². The number of hydrogen-bond acceptors (Lipinski definition) is 3. The van der Waals surface area contributed by atoms with Crippen LogP contribution in [0.2, 0.25) is 0 Å². The lowest BCUT2D eigenvalue weighted by Gasteiger charge is -2.24. The maximum atomic E-state index is 13.0. The molecule has 1 aliphatic rings. The van der Waals surface area contributed by atoms with E-state index in [0.29, 0.717) is 5.69 Å². The molecule has 1 fully saturated rings. The first kappa shape index (κ1) is 16.6. The van der Waals surface area contributed by atoms with Crippen LogP contribution in [0.4, 0.5) is 4.39 Å². The Bertz CT molecular complexity index is 684. The van der Waals surface area contributed by atoms with Gasteiger partial charge in [0, 0.05) is 25.4 Å². The van der Waals surface area contributed by atoms with E-state index in [-0.39, 0.29) is 30.8 Å². The molecule has 5 nitrogen and oxygen atoms in total. The Morgan fingerprint density at radius 3 is 2.83 bits per heavy atom. The zero-order chi connectivity index (χ0) is 16.9. The summed E-state index contributed by atoms with van der Waals surface area (Å²) in [5.74, 6) is -0.205. The maximum absolute atomic E-state index is 13.0. The predicted molar refractivity (Wildman–Crippen MR) is 88.3 cm³/mol. The second-order valence-corrected chi connectivity index (χ2v) is 6.15. The van der Waals surface area contributed by atoms with Crippen molar-refractivity contribution < 1.29 is 14.3 Å². The van der Waals surface area contributed by atoms with E-state index in [9.17, 15) is 9.18 Å². The van der Waals surface area contributed by atoms with Gasteiger partial charge in [-0.15, -0.1) is 0 Å². The van der Waals surface area contributed by atoms with Gasteiger partial charge in [0.15, 0.2) is 0 Å². The summed E-state index contributed by atoms with van der Waals surface area (Å²) in [6.45, 7) is 0.953. The fourth-order valence-corrected chi connectivity index (χ4v) is 3.24. The molecule has 1 aromatic carbocycles. The summed E-state index contributed by atoms with van der Waals surface area (Å²) in [6.07, 6.45) is 5.66. The van der Waals surface area contributed by atoms with E-state index < -0.39 is 0 Å². The van der Waals surface area contributed by atoms with Crippen molar-refractivity contribution in [3.05, 3.63) is 48.0 Å². The lowest BCUT2D eigenvalue weighted by atomic mass is 10.1. The molecule has 1 aliphatic heterocycles. The van der Waals surface area contributed by atoms with Crippen LogP contribution in [-0.4, -0.2) is 44.9 Å². The largest absolute Gasteiger partial charge is 0.396 e. The molecule has 2 aromatic rings. The Morgan fingerprint density at radius 1 is 1.29 bits per heavy atom. The van der Waals surface area contributed by atoms with Crippen LogP contribution in [-0.2, 0) is 11.2 Å². The van der Waals surface area contributed by atoms with Crippen LogP contribution in [0.1, 0.15) is 31.4 Å². The van der Waals surface area contributed by atoms with E-state index in [2.05, 4.69) is 5.10 Å².